The smallest absolute Gasteiger partial charge is 0.294 e. The van der Waals surface area contributed by atoms with Gasteiger partial charge in [-0.2, -0.15) is 5.26 Å². The zero-order valence-corrected chi connectivity index (χ0v) is 21.2. The molecule has 0 N–H and O–H groups in total. The average molecular weight is 517 g/mol. The Kier molecular flexibility index (Phi) is 6.02. The number of benzene rings is 1. The molecule has 11 heteroatoms. The van der Waals surface area contributed by atoms with Gasteiger partial charge in [0, 0.05) is 37.3 Å². The van der Waals surface area contributed by atoms with E-state index in [1.54, 1.807) is 24.9 Å². The highest BCUT2D eigenvalue weighted by Crippen LogP contribution is 2.38. The molecule has 5 heterocycles. The SMILES string of the molecule is COc1cc(OC[C@@H]2CCCN(c3ccc(C#N)cn3)C2)c2cc(-c3cn4nc(OC)sc4n3)oc2c1. The number of methoxy groups -OCH3 is 2. The van der Waals surface area contributed by atoms with Gasteiger partial charge < -0.3 is 23.5 Å². The van der Waals surface area contributed by atoms with Gasteiger partial charge in [-0.1, -0.05) is 0 Å². The second-order valence-electron chi connectivity index (χ2n) is 8.86. The Morgan fingerprint density at radius 3 is 2.89 bits per heavy atom. The predicted molar refractivity (Wildman–Crippen MR) is 139 cm³/mol. The van der Waals surface area contributed by atoms with Crippen LogP contribution < -0.4 is 19.1 Å². The van der Waals surface area contributed by atoms with Crippen LogP contribution in [0.2, 0.25) is 0 Å². The number of rotatable bonds is 7. The number of pyridine rings is 1. The molecule has 10 nitrogen and oxygen atoms in total. The first-order valence-electron chi connectivity index (χ1n) is 11.9. The molecule has 5 aromatic rings. The summed E-state index contributed by atoms with van der Waals surface area (Å²) < 4.78 is 24.9. The molecule has 6 rings (SSSR count). The summed E-state index contributed by atoms with van der Waals surface area (Å²) in [6.07, 6.45) is 5.56. The van der Waals surface area contributed by atoms with E-state index in [1.165, 1.54) is 11.3 Å². The molecule has 1 atom stereocenters. The molecule has 0 radical (unpaired) electrons. The van der Waals surface area contributed by atoms with E-state index >= 15 is 0 Å². The van der Waals surface area contributed by atoms with Crippen LogP contribution in [0.1, 0.15) is 18.4 Å². The lowest BCUT2D eigenvalue weighted by atomic mass is 9.99. The van der Waals surface area contributed by atoms with Crippen LogP contribution in [0.25, 0.3) is 27.4 Å². The maximum absolute atomic E-state index is 9.03. The van der Waals surface area contributed by atoms with Crippen molar-refractivity contribution < 1.29 is 18.6 Å². The van der Waals surface area contributed by atoms with E-state index in [0.29, 0.717) is 51.8 Å². The van der Waals surface area contributed by atoms with Crippen molar-refractivity contribution in [3.05, 3.63) is 48.3 Å². The monoisotopic (exact) mass is 516 g/mol. The van der Waals surface area contributed by atoms with Crippen LogP contribution in [0.4, 0.5) is 5.82 Å². The zero-order valence-electron chi connectivity index (χ0n) is 20.4. The summed E-state index contributed by atoms with van der Waals surface area (Å²) in [5, 5.41) is 14.8. The number of nitriles is 1. The van der Waals surface area contributed by atoms with Crippen LogP contribution in [0.5, 0.6) is 16.7 Å². The van der Waals surface area contributed by atoms with Crippen LogP contribution in [-0.4, -0.2) is 53.5 Å². The third-order valence-electron chi connectivity index (χ3n) is 6.45. The number of anilines is 1. The third-order valence-corrected chi connectivity index (χ3v) is 7.34. The Bertz CT molecular complexity index is 1570. The van der Waals surface area contributed by atoms with Crippen molar-refractivity contribution in [1.29, 1.82) is 5.26 Å². The van der Waals surface area contributed by atoms with Crippen LogP contribution in [0.3, 0.4) is 0 Å². The summed E-state index contributed by atoms with van der Waals surface area (Å²) in [6.45, 7) is 2.33. The molecule has 1 saturated heterocycles. The molecule has 0 unspecified atom stereocenters. The van der Waals surface area contributed by atoms with Crippen molar-refractivity contribution in [3.63, 3.8) is 0 Å². The Morgan fingerprint density at radius 2 is 2.14 bits per heavy atom. The number of hydrogen-bond acceptors (Lipinski definition) is 10. The number of ether oxygens (including phenoxy) is 3. The van der Waals surface area contributed by atoms with Crippen molar-refractivity contribution in [2.75, 3.05) is 38.8 Å². The minimum atomic E-state index is 0.333. The van der Waals surface area contributed by atoms with E-state index in [2.05, 4.69) is 26.0 Å². The van der Waals surface area contributed by atoms with E-state index in [0.717, 1.165) is 42.1 Å². The number of furan rings is 1. The van der Waals surface area contributed by atoms with E-state index in [1.807, 2.05) is 36.5 Å². The quantitative estimate of drug-likeness (QED) is 0.302. The van der Waals surface area contributed by atoms with Crippen molar-refractivity contribution in [1.82, 2.24) is 19.6 Å². The molecular formula is C26H24N6O4S. The van der Waals surface area contributed by atoms with Gasteiger partial charge in [0.05, 0.1) is 38.0 Å². The Hall–Kier alpha value is -4.30. The maximum atomic E-state index is 9.03. The molecule has 0 saturated carbocycles. The lowest BCUT2D eigenvalue weighted by molar-refractivity contribution is 0.230. The highest BCUT2D eigenvalue weighted by molar-refractivity contribution is 7.18. The molecule has 0 spiro atoms. The van der Waals surface area contributed by atoms with Gasteiger partial charge in [-0.15, -0.1) is 5.10 Å². The fraction of sp³-hybridized carbons (Fsp3) is 0.308. The van der Waals surface area contributed by atoms with Gasteiger partial charge in [0.15, 0.2) is 5.76 Å². The minimum Gasteiger partial charge on any atom is -0.496 e. The third kappa shape index (κ3) is 4.51. The maximum Gasteiger partial charge on any atom is 0.294 e. The minimum absolute atomic E-state index is 0.333. The highest BCUT2D eigenvalue weighted by atomic mass is 32.1. The normalized spacial score (nSPS) is 15.7. The number of piperidine rings is 1. The largest absolute Gasteiger partial charge is 0.496 e. The summed E-state index contributed by atoms with van der Waals surface area (Å²) in [5.74, 6) is 3.21. The summed E-state index contributed by atoms with van der Waals surface area (Å²) in [6, 6.07) is 11.5. The van der Waals surface area contributed by atoms with E-state index in [9.17, 15) is 0 Å². The molecule has 1 fully saturated rings. The number of imidazole rings is 1. The summed E-state index contributed by atoms with van der Waals surface area (Å²) in [5.41, 5.74) is 1.91. The zero-order chi connectivity index (χ0) is 25.4. The highest BCUT2D eigenvalue weighted by Gasteiger charge is 2.23. The van der Waals surface area contributed by atoms with E-state index < -0.39 is 0 Å². The van der Waals surface area contributed by atoms with Gasteiger partial charge in [0.2, 0.25) is 4.96 Å². The molecule has 1 aliphatic rings. The van der Waals surface area contributed by atoms with E-state index in [4.69, 9.17) is 23.9 Å². The van der Waals surface area contributed by atoms with Crippen LogP contribution >= 0.6 is 11.3 Å². The second kappa shape index (κ2) is 9.63. The van der Waals surface area contributed by atoms with Gasteiger partial charge >= 0.3 is 0 Å². The number of nitrogens with zero attached hydrogens (tertiary/aromatic N) is 6. The molecule has 0 amide bonds. The average Bonchev–Trinajstić information content (AvgIpc) is 3.65. The van der Waals surface area contributed by atoms with Crippen LogP contribution in [0, 0.1) is 17.2 Å². The lowest BCUT2D eigenvalue weighted by Gasteiger charge is -2.33. The van der Waals surface area contributed by atoms with Gasteiger partial charge in [0.1, 0.15) is 34.7 Å². The van der Waals surface area contributed by atoms with Gasteiger partial charge in [-0.05, 0) is 42.4 Å². The first-order chi connectivity index (χ1) is 18.1. The standard InChI is InChI=1S/C26H24N6O4S/c1-33-18-8-21(35-15-17-4-3-7-31(13-17)24-6-5-16(11-27)12-28-24)19-10-23(36-22(19)9-18)20-14-32-25(29-20)37-26(30-32)34-2/h5-6,8-10,12,14,17H,3-4,7,13,15H2,1-2H3/t17-/m1/s1. The fourth-order valence-electron chi connectivity index (χ4n) is 4.59. The summed E-state index contributed by atoms with van der Waals surface area (Å²) >= 11 is 1.36. The Balaban J connectivity index is 1.22. The topological polar surface area (TPSA) is 111 Å². The lowest BCUT2D eigenvalue weighted by Crippen LogP contribution is -2.38. The van der Waals surface area contributed by atoms with Crippen LogP contribution in [-0.2, 0) is 0 Å². The molecular weight excluding hydrogens is 492 g/mol. The molecule has 37 heavy (non-hydrogen) atoms. The number of aromatic nitrogens is 4. The molecule has 1 aliphatic heterocycles. The second-order valence-corrected chi connectivity index (χ2v) is 9.77. The van der Waals surface area contributed by atoms with Gasteiger partial charge in [0.25, 0.3) is 5.19 Å². The Labute approximate surface area is 216 Å². The van der Waals surface area contributed by atoms with Crippen molar-refractivity contribution in [2.45, 2.75) is 12.8 Å². The van der Waals surface area contributed by atoms with Crippen molar-refractivity contribution >= 4 is 33.1 Å². The predicted octanol–water partition coefficient (Wildman–Crippen LogP) is 4.78. The first-order valence-corrected chi connectivity index (χ1v) is 12.7. The van der Waals surface area contributed by atoms with Gasteiger partial charge in [-0.3, -0.25) is 0 Å². The van der Waals surface area contributed by atoms with Crippen LogP contribution in [0.15, 0.2) is 47.1 Å². The van der Waals surface area contributed by atoms with Crippen molar-refractivity contribution in [2.24, 2.45) is 5.92 Å². The number of fused-ring (bicyclic) bond motifs is 2. The summed E-state index contributed by atoms with van der Waals surface area (Å²) in [4.78, 5) is 12.1. The van der Waals surface area contributed by atoms with Crippen molar-refractivity contribution in [3.8, 4) is 34.2 Å². The molecule has 0 aliphatic carbocycles. The number of hydrogen-bond donors (Lipinski definition) is 0. The molecule has 1 aromatic carbocycles. The molecule has 0 bridgehead atoms. The molecule has 4 aromatic heterocycles. The molecule has 188 valence electrons. The summed E-state index contributed by atoms with van der Waals surface area (Å²) in [7, 11) is 3.21. The Morgan fingerprint density at radius 1 is 1.22 bits per heavy atom. The fourth-order valence-corrected chi connectivity index (χ4v) is 5.28. The van der Waals surface area contributed by atoms with Gasteiger partial charge in [-0.25, -0.2) is 14.5 Å². The first kappa shape index (κ1) is 23.1. The van der Waals surface area contributed by atoms with E-state index in [-0.39, 0.29) is 0 Å².